The molecule has 114 valence electrons. The van der Waals surface area contributed by atoms with E-state index < -0.39 is 0 Å². The molecule has 1 atom stereocenters. The Labute approximate surface area is 123 Å². The number of aryl methyl sites for hydroxylation is 1. The van der Waals surface area contributed by atoms with Gasteiger partial charge in [-0.1, -0.05) is 6.92 Å². The second kappa shape index (κ2) is 7.79. The third kappa shape index (κ3) is 4.32. The van der Waals surface area contributed by atoms with E-state index >= 15 is 0 Å². The predicted octanol–water partition coefficient (Wildman–Crippen LogP) is 2.50. The molecule has 1 aromatic heterocycles. The summed E-state index contributed by atoms with van der Waals surface area (Å²) in [6.07, 6.45) is 8.06. The zero-order valence-corrected chi connectivity index (χ0v) is 13.3. The van der Waals surface area contributed by atoms with E-state index in [1.165, 1.54) is 37.9 Å². The van der Waals surface area contributed by atoms with Gasteiger partial charge in [0.05, 0.1) is 6.20 Å². The number of likely N-dealkylation sites (tertiary alicyclic amines) is 1. The molecular formula is C16H30N4. The van der Waals surface area contributed by atoms with Gasteiger partial charge < -0.3 is 5.32 Å². The Bertz CT molecular complexity index is 380. The van der Waals surface area contributed by atoms with Crippen LogP contribution in [0.1, 0.15) is 45.6 Å². The molecule has 0 bridgehead atoms. The van der Waals surface area contributed by atoms with Gasteiger partial charge in [-0.25, -0.2) is 0 Å². The molecule has 4 nitrogen and oxygen atoms in total. The number of hydrogen-bond acceptors (Lipinski definition) is 3. The topological polar surface area (TPSA) is 33.1 Å². The van der Waals surface area contributed by atoms with Gasteiger partial charge in [-0.3, -0.25) is 9.58 Å². The van der Waals surface area contributed by atoms with E-state index in [-0.39, 0.29) is 0 Å². The van der Waals surface area contributed by atoms with E-state index in [4.69, 9.17) is 0 Å². The van der Waals surface area contributed by atoms with Crippen LogP contribution in [0, 0.1) is 5.92 Å². The van der Waals surface area contributed by atoms with Gasteiger partial charge >= 0.3 is 0 Å². The molecule has 1 saturated heterocycles. The molecule has 1 aliphatic rings. The van der Waals surface area contributed by atoms with Crippen LogP contribution in [0.4, 0.5) is 0 Å². The molecule has 0 radical (unpaired) electrons. The van der Waals surface area contributed by atoms with Crippen molar-refractivity contribution in [2.45, 2.75) is 59.2 Å². The van der Waals surface area contributed by atoms with Gasteiger partial charge in [0.15, 0.2) is 0 Å². The fourth-order valence-corrected chi connectivity index (χ4v) is 3.07. The average Bonchev–Trinajstić information content (AvgIpc) is 2.93. The van der Waals surface area contributed by atoms with E-state index in [1.54, 1.807) is 0 Å². The van der Waals surface area contributed by atoms with Crippen LogP contribution in [0.5, 0.6) is 0 Å². The monoisotopic (exact) mass is 278 g/mol. The van der Waals surface area contributed by atoms with Crippen molar-refractivity contribution in [2.24, 2.45) is 5.92 Å². The normalized spacial score (nSPS) is 19.4. The van der Waals surface area contributed by atoms with Gasteiger partial charge in [0, 0.05) is 30.9 Å². The lowest BCUT2D eigenvalue weighted by Crippen LogP contribution is -2.41. The summed E-state index contributed by atoms with van der Waals surface area (Å²) in [7, 11) is 0. The molecule has 0 aliphatic carbocycles. The van der Waals surface area contributed by atoms with Crippen molar-refractivity contribution in [1.82, 2.24) is 20.0 Å². The second-order valence-corrected chi connectivity index (χ2v) is 6.06. The minimum Gasteiger partial charge on any atom is -0.314 e. The van der Waals surface area contributed by atoms with Crippen molar-refractivity contribution in [3.05, 3.63) is 18.0 Å². The first-order valence-electron chi connectivity index (χ1n) is 8.20. The van der Waals surface area contributed by atoms with Crippen molar-refractivity contribution in [1.29, 1.82) is 0 Å². The maximum Gasteiger partial charge on any atom is 0.0534 e. The minimum absolute atomic E-state index is 0.667. The van der Waals surface area contributed by atoms with Gasteiger partial charge in [-0.05, 0) is 58.7 Å². The summed E-state index contributed by atoms with van der Waals surface area (Å²) in [4.78, 5) is 2.57. The Balaban J connectivity index is 1.73. The second-order valence-electron chi connectivity index (χ2n) is 6.06. The van der Waals surface area contributed by atoms with Crippen LogP contribution < -0.4 is 5.32 Å². The minimum atomic E-state index is 0.667. The molecule has 0 aromatic carbocycles. The third-order valence-corrected chi connectivity index (χ3v) is 4.47. The van der Waals surface area contributed by atoms with Crippen LogP contribution >= 0.6 is 0 Å². The largest absolute Gasteiger partial charge is 0.314 e. The maximum atomic E-state index is 4.36. The molecular weight excluding hydrogens is 248 g/mol. The lowest BCUT2D eigenvalue weighted by Gasteiger charge is -2.35. The van der Waals surface area contributed by atoms with Crippen molar-refractivity contribution in [3.63, 3.8) is 0 Å². The molecule has 1 aromatic rings. The van der Waals surface area contributed by atoms with Gasteiger partial charge in [0.25, 0.3) is 0 Å². The summed E-state index contributed by atoms with van der Waals surface area (Å²) in [5, 5.41) is 8.00. The SMILES string of the molecule is CCCNC(C)C1CCN(Cc2cnn(CC)c2)CC1. The average molecular weight is 278 g/mol. The summed E-state index contributed by atoms with van der Waals surface area (Å²) in [5.41, 5.74) is 1.35. The summed E-state index contributed by atoms with van der Waals surface area (Å²) < 4.78 is 2.01. The summed E-state index contributed by atoms with van der Waals surface area (Å²) in [5.74, 6) is 0.844. The first kappa shape index (κ1) is 15.5. The molecule has 4 heteroatoms. The predicted molar refractivity (Wildman–Crippen MR) is 83.7 cm³/mol. The Kier molecular flexibility index (Phi) is 6.05. The zero-order chi connectivity index (χ0) is 14.4. The fourth-order valence-electron chi connectivity index (χ4n) is 3.07. The first-order chi connectivity index (χ1) is 9.72. The molecule has 1 aliphatic heterocycles. The van der Waals surface area contributed by atoms with Gasteiger partial charge in [-0.15, -0.1) is 0 Å². The lowest BCUT2D eigenvalue weighted by atomic mass is 9.90. The first-order valence-corrected chi connectivity index (χ1v) is 8.20. The summed E-state index contributed by atoms with van der Waals surface area (Å²) in [6.45, 7) is 12.3. The Morgan fingerprint density at radius 3 is 2.70 bits per heavy atom. The number of rotatable bonds is 7. The number of nitrogens with zero attached hydrogens (tertiary/aromatic N) is 3. The molecule has 0 saturated carbocycles. The van der Waals surface area contributed by atoms with Gasteiger partial charge in [0.2, 0.25) is 0 Å². The molecule has 1 unspecified atom stereocenters. The number of aromatic nitrogens is 2. The summed E-state index contributed by atoms with van der Waals surface area (Å²) >= 11 is 0. The maximum absolute atomic E-state index is 4.36. The Morgan fingerprint density at radius 2 is 2.10 bits per heavy atom. The highest BCUT2D eigenvalue weighted by Crippen LogP contribution is 2.21. The van der Waals surface area contributed by atoms with Crippen LogP contribution in [0.25, 0.3) is 0 Å². The molecule has 0 amide bonds. The smallest absolute Gasteiger partial charge is 0.0534 e. The number of hydrogen-bond donors (Lipinski definition) is 1. The summed E-state index contributed by atoms with van der Waals surface area (Å²) in [6, 6.07) is 0.667. The van der Waals surface area contributed by atoms with Crippen LogP contribution in [0.15, 0.2) is 12.4 Å². The van der Waals surface area contributed by atoms with Crippen molar-refractivity contribution in [3.8, 4) is 0 Å². The molecule has 2 heterocycles. The molecule has 2 rings (SSSR count). The van der Waals surface area contributed by atoms with Crippen LogP contribution in [-0.2, 0) is 13.1 Å². The van der Waals surface area contributed by atoms with E-state index in [0.29, 0.717) is 6.04 Å². The van der Waals surface area contributed by atoms with Gasteiger partial charge in [-0.2, -0.15) is 5.10 Å². The Hall–Kier alpha value is -0.870. The van der Waals surface area contributed by atoms with E-state index in [0.717, 1.165) is 25.6 Å². The van der Waals surface area contributed by atoms with Crippen molar-refractivity contribution in [2.75, 3.05) is 19.6 Å². The van der Waals surface area contributed by atoms with Gasteiger partial charge in [0.1, 0.15) is 0 Å². The van der Waals surface area contributed by atoms with Crippen molar-refractivity contribution >= 4 is 0 Å². The van der Waals surface area contributed by atoms with Crippen LogP contribution in [0.2, 0.25) is 0 Å². The number of piperidine rings is 1. The highest BCUT2D eigenvalue weighted by Gasteiger charge is 2.23. The van der Waals surface area contributed by atoms with Crippen LogP contribution in [0.3, 0.4) is 0 Å². The lowest BCUT2D eigenvalue weighted by molar-refractivity contribution is 0.156. The number of nitrogens with one attached hydrogen (secondary N) is 1. The third-order valence-electron chi connectivity index (χ3n) is 4.47. The Morgan fingerprint density at radius 1 is 1.35 bits per heavy atom. The van der Waals surface area contributed by atoms with E-state index in [9.17, 15) is 0 Å². The highest BCUT2D eigenvalue weighted by molar-refractivity contribution is 5.03. The van der Waals surface area contributed by atoms with E-state index in [1.807, 2.05) is 10.9 Å². The molecule has 1 fully saturated rings. The van der Waals surface area contributed by atoms with E-state index in [2.05, 4.69) is 42.3 Å². The fraction of sp³-hybridized carbons (Fsp3) is 0.812. The quantitative estimate of drug-likeness (QED) is 0.832. The van der Waals surface area contributed by atoms with Crippen molar-refractivity contribution < 1.29 is 0 Å². The molecule has 1 N–H and O–H groups in total. The zero-order valence-electron chi connectivity index (χ0n) is 13.3. The highest BCUT2D eigenvalue weighted by atomic mass is 15.3. The molecule has 20 heavy (non-hydrogen) atoms. The standard InChI is InChI=1S/C16H30N4/c1-4-8-17-14(3)16-6-9-19(10-7-16)12-15-11-18-20(5-2)13-15/h11,13-14,16-17H,4-10,12H2,1-3H3. The molecule has 0 spiro atoms. The van der Waals surface area contributed by atoms with Crippen LogP contribution in [-0.4, -0.2) is 40.4 Å².